The highest BCUT2D eigenvalue weighted by Crippen LogP contribution is 2.26. The molecule has 18 heavy (non-hydrogen) atoms. The standard InChI is InChI=1S/C11H14FN3O3/c1-2-6-13-7-10(16)14-11-8(12)4-3-5-9(11)15(17)18/h3-5,13H,2,6-7H2,1H3,(H,14,16). The first-order valence-electron chi connectivity index (χ1n) is 5.49. The van der Waals surface area contributed by atoms with Gasteiger partial charge in [0.2, 0.25) is 5.91 Å². The van der Waals surface area contributed by atoms with E-state index in [1.807, 2.05) is 6.92 Å². The molecule has 0 saturated carbocycles. The Morgan fingerprint density at radius 3 is 2.83 bits per heavy atom. The maximum absolute atomic E-state index is 13.4. The Kier molecular flexibility index (Phi) is 5.19. The van der Waals surface area contributed by atoms with Crippen LogP contribution in [-0.2, 0) is 4.79 Å². The van der Waals surface area contributed by atoms with E-state index in [4.69, 9.17) is 0 Å². The van der Waals surface area contributed by atoms with Crippen LogP contribution in [0.15, 0.2) is 18.2 Å². The fraction of sp³-hybridized carbons (Fsp3) is 0.364. The number of nitrogens with zero attached hydrogens (tertiary/aromatic N) is 1. The summed E-state index contributed by atoms with van der Waals surface area (Å²) in [6.07, 6.45) is 0.854. The third-order valence-electron chi connectivity index (χ3n) is 2.17. The van der Waals surface area contributed by atoms with Gasteiger partial charge in [-0.25, -0.2) is 4.39 Å². The SMILES string of the molecule is CCCNCC(=O)Nc1c(F)cccc1[N+](=O)[O-]. The molecule has 0 aliphatic rings. The lowest BCUT2D eigenvalue weighted by molar-refractivity contribution is -0.384. The van der Waals surface area contributed by atoms with Crippen LogP contribution < -0.4 is 10.6 Å². The van der Waals surface area contributed by atoms with Crippen molar-refractivity contribution in [1.82, 2.24) is 5.32 Å². The van der Waals surface area contributed by atoms with Crippen LogP contribution in [-0.4, -0.2) is 23.9 Å². The summed E-state index contributed by atoms with van der Waals surface area (Å²) in [5.41, 5.74) is -0.857. The van der Waals surface area contributed by atoms with Gasteiger partial charge in [0.15, 0.2) is 11.5 Å². The zero-order valence-electron chi connectivity index (χ0n) is 9.90. The van der Waals surface area contributed by atoms with E-state index >= 15 is 0 Å². The van der Waals surface area contributed by atoms with Crippen LogP contribution in [0.5, 0.6) is 0 Å². The van der Waals surface area contributed by atoms with Gasteiger partial charge in [-0.1, -0.05) is 13.0 Å². The summed E-state index contributed by atoms with van der Waals surface area (Å²) >= 11 is 0. The molecule has 0 radical (unpaired) electrons. The Bertz CT molecular complexity index is 451. The molecule has 0 spiro atoms. The molecular formula is C11H14FN3O3. The predicted octanol–water partition coefficient (Wildman–Crippen LogP) is 1.67. The Balaban J connectivity index is 2.77. The molecule has 98 valence electrons. The van der Waals surface area contributed by atoms with Crippen molar-refractivity contribution in [1.29, 1.82) is 0 Å². The molecule has 0 aliphatic heterocycles. The van der Waals surface area contributed by atoms with Crippen LogP contribution in [0.4, 0.5) is 15.8 Å². The maximum Gasteiger partial charge on any atom is 0.295 e. The van der Waals surface area contributed by atoms with Crippen molar-refractivity contribution in [3.8, 4) is 0 Å². The predicted molar refractivity (Wildman–Crippen MR) is 64.8 cm³/mol. The van der Waals surface area contributed by atoms with E-state index in [2.05, 4.69) is 10.6 Å². The Labute approximate surface area is 103 Å². The molecule has 0 bridgehead atoms. The molecule has 6 nitrogen and oxygen atoms in total. The third kappa shape index (κ3) is 3.77. The van der Waals surface area contributed by atoms with Gasteiger partial charge in [-0.15, -0.1) is 0 Å². The van der Waals surface area contributed by atoms with Crippen molar-refractivity contribution in [3.63, 3.8) is 0 Å². The monoisotopic (exact) mass is 255 g/mol. The second-order valence-electron chi connectivity index (χ2n) is 3.62. The molecule has 1 amide bonds. The molecule has 1 rings (SSSR count). The van der Waals surface area contributed by atoms with Gasteiger partial charge in [0, 0.05) is 6.07 Å². The van der Waals surface area contributed by atoms with Gasteiger partial charge < -0.3 is 10.6 Å². The molecular weight excluding hydrogens is 241 g/mol. The number of nitro benzene ring substituents is 1. The van der Waals surface area contributed by atoms with Crippen LogP contribution >= 0.6 is 0 Å². The normalized spacial score (nSPS) is 10.1. The van der Waals surface area contributed by atoms with Crippen molar-refractivity contribution in [2.24, 2.45) is 0 Å². The topological polar surface area (TPSA) is 84.3 Å². The van der Waals surface area contributed by atoms with Gasteiger partial charge in [0.05, 0.1) is 11.5 Å². The fourth-order valence-electron chi connectivity index (χ4n) is 1.35. The summed E-state index contributed by atoms with van der Waals surface area (Å²) in [7, 11) is 0. The quantitative estimate of drug-likeness (QED) is 0.460. The Morgan fingerprint density at radius 1 is 1.50 bits per heavy atom. The number of para-hydroxylation sites is 1. The molecule has 0 atom stereocenters. The van der Waals surface area contributed by atoms with E-state index in [-0.39, 0.29) is 6.54 Å². The van der Waals surface area contributed by atoms with Crippen LogP contribution in [0.2, 0.25) is 0 Å². The first-order valence-corrected chi connectivity index (χ1v) is 5.49. The van der Waals surface area contributed by atoms with Gasteiger partial charge in [0.1, 0.15) is 0 Å². The van der Waals surface area contributed by atoms with Gasteiger partial charge >= 0.3 is 0 Å². The molecule has 1 aromatic rings. The first kappa shape index (κ1) is 14.0. The van der Waals surface area contributed by atoms with E-state index in [1.165, 1.54) is 6.07 Å². The van der Waals surface area contributed by atoms with E-state index < -0.39 is 28.0 Å². The van der Waals surface area contributed by atoms with E-state index in [9.17, 15) is 19.3 Å². The number of carbonyl (C=O) groups is 1. The molecule has 0 saturated heterocycles. The molecule has 0 aromatic heterocycles. The number of hydrogen-bond acceptors (Lipinski definition) is 4. The zero-order chi connectivity index (χ0) is 13.5. The summed E-state index contributed by atoms with van der Waals surface area (Å²) < 4.78 is 13.4. The number of hydrogen-bond donors (Lipinski definition) is 2. The highest BCUT2D eigenvalue weighted by molar-refractivity contribution is 5.94. The largest absolute Gasteiger partial charge is 0.317 e. The van der Waals surface area contributed by atoms with Gasteiger partial charge in [-0.05, 0) is 19.0 Å². The molecule has 1 aromatic carbocycles. The lowest BCUT2D eigenvalue weighted by Gasteiger charge is -2.07. The summed E-state index contributed by atoms with van der Waals surface area (Å²) in [5.74, 6) is -1.34. The fourth-order valence-corrected chi connectivity index (χ4v) is 1.35. The van der Waals surface area contributed by atoms with Crippen LogP contribution in [0, 0.1) is 15.9 Å². The maximum atomic E-state index is 13.4. The zero-order valence-corrected chi connectivity index (χ0v) is 9.90. The molecule has 7 heteroatoms. The minimum Gasteiger partial charge on any atom is -0.317 e. The number of nitrogens with one attached hydrogen (secondary N) is 2. The van der Waals surface area contributed by atoms with Crippen LogP contribution in [0.25, 0.3) is 0 Å². The Morgan fingerprint density at radius 2 is 2.22 bits per heavy atom. The average molecular weight is 255 g/mol. The average Bonchev–Trinajstić information content (AvgIpc) is 2.31. The van der Waals surface area contributed by atoms with Crippen molar-refractivity contribution in [2.75, 3.05) is 18.4 Å². The molecule has 2 N–H and O–H groups in total. The van der Waals surface area contributed by atoms with Gasteiger partial charge in [-0.2, -0.15) is 0 Å². The lowest BCUT2D eigenvalue weighted by Crippen LogP contribution is -2.29. The lowest BCUT2D eigenvalue weighted by atomic mass is 10.2. The van der Waals surface area contributed by atoms with Crippen LogP contribution in [0.1, 0.15) is 13.3 Å². The Hall–Kier alpha value is -2.02. The first-order chi connectivity index (χ1) is 8.56. The molecule has 0 unspecified atom stereocenters. The number of carbonyl (C=O) groups excluding carboxylic acids is 1. The van der Waals surface area contributed by atoms with Gasteiger partial charge in [-0.3, -0.25) is 14.9 Å². The summed E-state index contributed by atoms with van der Waals surface area (Å²) in [6.45, 7) is 2.57. The number of amides is 1. The van der Waals surface area contributed by atoms with Crippen molar-refractivity contribution in [3.05, 3.63) is 34.1 Å². The van der Waals surface area contributed by atoms with Gasteiger partial charge in [0.25, 0.3) is 5.69 Å². The summed E-state index contributed by atoms with van der Waals surface area (Å²) in [5, 5.41) is 15.7. The minimum absolute atomic E-state index is 0.0146. The van der Waals surface area contributed by atoms with E-state index in [1.54, 1.807) is 0 Å². The van der Waals surface area contributed by atoms with Crippen LogP contribution in [0.3, 0.4) is 0 Å². The number of benzene rings is 1. The second-order valence-corrected chi connectivity index (χ2v) is 3.62. The highest BCUT2D eigenvalue weighted by atomic mass is 19.1. The van der Waals surface area contributed by atoms with E-state index in [0.717, 1.165) is 18.6 Å². The van der Waals surface area contributed by atoms with Crippen molar-refractivity contribution in [2.45, 2.75) is 13.3 Å². The third-order valence-corrected chi connectivity index (χ3v) is 2.17. The number of halogens is 1. The number of nitro groups is 1. The summed E-state index contributed by atoms with van der Waals surface area (Å²) in [4.78, 5) is 21.4. The number of anilines is 1. The van der Waals surface area contributed by atoms with E-state index in [0.29, 0.717) is 6.54 Å². The minimum atomic E-state index is -0.826. The number of rotatable bonds is 6. The van der Waals surface area contributed by atoms with Crippen molar-refractivity contribution >= 4 is 17.3 Å². The smallest absolute Gasteiger partial charge is 0.295 e. The summed E-state index contributed by atoms with van der Waals surface area (Å²) in [6, 6.07) is 3.42. The molecule has 0 aliphatic carbocycles. The van der Waals surface area contributed by atoms with Crippen molar-refractivity contribution < 1.29 is 14.1 Å². The highest BCUT2D eigenvalue weighted by Gasteiger charge is 2.19. The second kappa shape index (κ2) is 6.65. The molecule has 0 fully saturated rings. The molecule has 0 heterocycles.